The van der Waals surface area contributed by atoms with Gasteiger partial charge in [-0.15, -0.1) is 0 Å². The Kier molecular flexibility index (Phi) is 4.06. The maximum Gasteiger partial charge on any atom is 0.244 e. The molecule has 0 aliphatic carbocycles. The van der Waals surface area contributed by atoms with Gasteiger partial charge in [0.2, 0.25) is 10.0 Å². The lowest BCUT2D eigenvalue weighted by molar-refractivity contribution is 0.191. The van der Waals surface area contributed by atoms with E-state index in [9.17, 15) is 13.5 Å². The summed E-state index contributed by atoms with van der Waals surface area (Å²) in [5.41, 5.74) is 5.98. The van der Waals surface area contributed by atoms with Gasteiger partial charge in [-0.1, -0.05) is 18.5 Å². The number of hydrogen-bond acceptors (Lipinski definition) is 4. The highest BCUT2D eigenvalue weighted by Crippen LogP contribution is 2.33. The van der Waals surface area contributed by atoms with Crippen LogP contribution in [0.2, 0.25) is 5.02 Å². The molecule has 0 amide bonds. The van der Waals surface area contributed by atoms with Gasteiger partial charge in [0.05, 0.1) is 17.7 Å². The Morgan fingerprint density at radius 1 is 1.53 bits per heavy atom. The average molecular weight is 305 g/mol. The zero-order valence-electron chi connectivity index (χ0n) is 10.6. The SMILES string of the molecule is CC1CCN(S(=O)(=O)c2ccc(N)cc2Cl)C1CO. The van der Waals surface area contributed by atoms with E-state index in [4.69, 9.17) is 17.3 Å². The molecule has 3 N–H and O–H groups in total. The molecule has 1 aliphatic heterocycles. The molecular formula is C12H17ClN2O3S. The second-order valence-corrected chi connectivity index (χ2v) is 7.09. The van der Waals surface area contributed by atoms with E-state index in [-0.39, 0.29) is 22.4 Å². The lowest BCUT2D eigenvalue weighted by atomic mass is 10.0. The second-order valence-electron chi connectivity index (χ2n) is 4.82. The van der Waals surface area contributed by atoms with Gasteiger partial charge in [0.15, 0.2) is 0 Å². The smallest absolute Gasteiger partial charge is 0.244 e. The van der Waals surface area contributed by atoms with Gasteiger partial charge in [-0.25, -0.2) is 8.42 Å². The van der Waals surface area contributed by atoms with Crippen molar-refractivity contribution in [3.63, 3.8) is 0 Å². The Labute approximate surface area is 118 Å². The third-order valence-corrected chi connectivity index (χ3v) is 5.97. The molecule has 0 bridgehead atoms. The van der Waals surface area contributed by atoms with Crippen molar-refractivity contribution in [2.75, 3.05) is 18.9 Å². The molecule has 1 saturated heterocycles. The number of sulfonamides is 1. The third kappa shape index (κ3) is 2.58. The molecule has 0 spiro atoms. The van der Waals surface area contributed by atoms with Crippen LogP contribution >= 0.6 is 11.6 Å². The number of nitrogens with zero attached hydrogens (tertiary/aromatic N) is 1. The number of aliphatic hydroxyl groups is 1. The van der Waals surface area contributed by atoms with Gasteiger partial charge in [-0.2, -0.15) is 4.31 Å². The van der Waals surface area contributed by atoms with Crippen molar-refractivity contribution < 1.29 is 13.5 Å². The summed E-state index contributed by atoms with van der Waals surface area (Å²) >= 11 is 5.97. The van der Waals surface area contributed by atoms with Crippen molar-refractivity contribution >= 4 is 27.3 Å². The molecule has 2 rings (SSSR count). The highest BCUT2D eigenvalue weighted by molar-refractivity contribution is 7.89. The number of aliphatic hydroxyl groups excluding tert-OH is 1. The van der Waals surface area contributed by atoms with E-state index in [2.05, 4.69) is 0 Å². The summed E-state index contributed by atoms with van der Waals surface area (Å²) in [7, 11) is -3.69. The Bertz CT molecular complexity index is 576. The number of benzene rings is 1. The molecule has 2 atom stereocenters. The largest absolute Gasteiger partial charge is 0.399 e. The highest BCUT2D eigenvalue weighted by Gasteiger charge is 2.39. The van der Waals surface area contributed by atoms with E-state index in [0.717, 1.165) is 6.42 Å². The molecule has 1 aromatic rings. The zero-order valence-corrected chi connectivity index (χ0v) is 12.2. The molecule has 19 heavy (non-hydrogen) atoms. The molecular weight excluding hydrogens is 288 g/mol. The number of hydrogen-bond donors (Lipinski definition) is 2. The number of nitrogens with two attached hydrogens (primary N) is 1. The second kappa shape index (κ2) is 5.28. The molecule has 2 unspecified atom stereocenters. The molecule has 7 heteroatoms. The van der Waals surface area contributed by atoms with Crippen LogP contribution in [0.5, 0.6) is 0 Å². The quantitative estimate of drug-likeness (QED) is 0.825. The molecule has 1 aromatic carbocycles. The van der Waals surface area contributed by atoms with E-state index in [1.165, 1.54) is 22.5 Å². The average Bonchev–Trinajstić information content (AvgIpc) is 2.70. The predicted octanol–water partition coefficient (Wildman–Crippen LogP) is 1.31. The van der Waals surface area contributed by atoms with E-state index >= 15 is 0 Å². The first-order valence-corrected chi connectivity index (χ1v) is 7.87. The molecule has 1 heterocycles. The fourth-order valence-corrected chi connectivity index (χ4v) is 4.65. The maximum absolute atomic E-state index is 12.6. The predicted molar refractivity (Wildman–Crippen MR) is 74.4 cm³/mol. The van der Waals surface area contributed by atoms with E-state index in [1.807, 2.05) is 6.92 Å². The Morgan fingerprint density at radius 3 is 2.79 bits per heavy atom. The lowest BCUT2D eigenvalue weighted by Crippen LogP contribution is -2.39. The molecule has 1 fully saturated rings. The Morgan fingerprint density at radius 2 is 2.21 bits per heavy atom. The summed E-state index contributed by atoms with van der Waals surface area (Å²) in [5, 5.41) is 9.48. The summed E-state index contributed by atoms with van der Waals surface area (Å²) in [6, 6.07) is 3.94. The van der Waals surface area contributed by atoms with Gasteiger partial charge in [0.25, 0.3) is 0 Å². The zero-order chi connectivity index (χ0) is 14.2. The van der Waals surface area contributed by atoms with Gasteiger partial charge < -0.3 is 10.8 Å². The van der Waals surface area contributed by atoms with Gasteiger partial charge >= 0.3 is 0 Å². The van der Waals surface area contributed by atoms with Gasteiger partial charge in [0.1, 0.15) is 4.90 Å². The van der Waals surface area contributed by atoms with E-state index in [0.29, 0.717) is 12.2 Å². The summed E-state index contributed by atoms with van der Waals surface area (Å²) < 4.78 is 26.5. The molecule has 1 aliphatic rings. The first-order valence-electron chi connectivity index (χ1n) is 6.05. The van der Waals surface area contributed by atoms with Crippen LogP contribution < -0.4 is 5.73 Å². The number of anilines is 1. The van der Waals surface area contributed by atoms with Crippen LogP contribution in [-0.4, -0.2) is 37.0 Å². The standard InChI is InChI=1S/C12H17ClN2O3S/c1-8-4-5-15(11(8)7-16)19(17,18)12-3-2-9(14)6-10(12)13/h2-3,6,8,11,16H,4-5,7,14H2,1H3. The minimum Gasteiger partial charge on any atom is -0.399 e. The van der Waals surface area contributed by atoms with Gasteiger partial charge in [-0.3, -0.25) is 0 Å². The summed E-state index contributed by atoms with van der Waals surface area (Å²) in [6.07, 6.45) is 0.733. The number of nitrogen functional groups attached to an aromatic ring is 1. The molecule has 0 saturated carbocycles. The topological polar surface area (TPSA) is 83.6 Å². The first kappa shape index (κ1) is 14.6. The molecule has 106 valence electrons. The van der Waals surface area contributed by atoms with Gasteiger partial charge in [-0.05, 0) is 30.5 Å². The van der Waals surface area contributed by atoms with Crippen LogP contribution in [0.25, 0.3) is 0 Å². The number of halogens is 1. The first-order chi connectivity index (χ1) is 8.87. The summed E-state index contributed by atoms with van der Waals surface area (Å²) in [6.45, 7) is 2.14. The van der Waals surface area contributed by atoms with Crippen LogP contribution in [0, 0.1) is 5.92 Å². The van der Waals surface area contributed by atoms with Crippen LogP contribution in [0.15, 0.2) is 23.1 Å². The van der Waals surface area contributed by atoms with Crippen LogP contribution in [0.1, 0.15) is 13.3 Å². The van der Waals surface area contributed by atoms with Crippen molar-refractivity contribution in [3.05, 3.63) is 23.2 Å². The Balaban J connectivity index is 2.42. The minimum absolute atomic E-state index is 0.0379. The van der Waals surface area contributed by atoms with Crippen molar-refractivity contribution in [1.82, 2.24) is 4.31 Å². The fourth-order valence-electron chi connectivity index (χ4n) is 2.39. The lowest BCUT2D eigenvalue weighted by Gasteiger charge is -2.25. The van der Waals surface area contributed by atoms with E-state index in [1.54, 1.807) is 0 Å². The van der Waals surface area contributed by atoms with Gasteiger partial charge in [0, 0.05) is 12.2 Å². The maximum atomic E-state index is 12.6. The summed E-state index contributed by atoms with van der Waals surface area (Å²) in [5.74, 6) is 0.132. The molecule has 0 radical (unpaired) electrons. The summed E-state index contributed by atoms with van der Waals surface area (Å²) in [4.78, 5) is 0.0379. The third-order valence-electron chi connectivity index (χ3n) is 3.56. The highest BCUT2D eigenvalue weighted by atomic mass is 35.5. The normalized spacial score (nSPS) is 24.8. The van der Waals surface area contributed by atoms with Crippen LogP contribution in [0.4, 0.5) is 5.69 Å². The molecule has 5 nitrogen and oxygen atoms in total. The van der Waals surface area contributed by atoms with Crippen molar-refractivity contribution in [2.45, 2.75) is 24.3 Å². The van der Waals surface area contributed by atoms with E-state index < -0.39 is 16.1 Å². The monoisotopic (exact) mass is 304 g/mol. The van der Waals surface area contributed by atoms with Crippen molar-refractivity contribution in [1.29, 1.82) is 0 Å². The van der Waals surface area contributed by atoms with Crippen molar-refractivity contribution in [2.24, 2.45) is 5.92 Å². The number of rotatable bonds is 3. The van der Waals surface area contributed by atoms with Crippen molar-refractivity contribution in [3.8, 4) is 0 Å². The minimum atomic E-state index is -3.69. The fraction of sp³-hybridized carbons (Fsp3) is 0.500. The Hall–Kier alpha value is -0.820. The van der Waals surface area contributed by atoms with Crippen LogP contribution in [-0.2, 0) is 10.0 Å². The van der Waals surface area contributed by atoms with Crippen LogP contribution in [0.3, 0.4) is 0 Å². The molecule has 0 aromatic heterocycles.